The Morgan fingerprint density at radius 2 is 2.06 bits per heavy atom. The highest BCUT2D eigenvalue weighted by molar-refractivity contribution is 7.99. The molecule has 0 saturated carbocycles. The lowest BCUT2D eigenvalue weighted by atomic mass is 10.1. The van der Waals surface area contributed by atoms with Crippen LogP contribution in [0, 0.1) is 5.82 Å². The van der Waals surface area contributed by atoms with Crippen molar-refractivity contribution in [2.45, 2.75) is 44.2 Å². The van der Waals surface area contributed by atoms with Crippen LogP contribution in [0.1, 0.15) is 32.8 Å². The van der Waals surface area contributed by atoms with Gasteiger partial charge in [0.1, 0.15) is 5.82 Å². The van der Waals surface area contributed by atoms with Gasteiger partial charge >= 0.3 is 0 Å². The second-order valence-electron chi connectivity index (χ2n) is 5.25. The van der Waals surface area contributed by atoms with Crippen LogP contribution in [0.2, 0.25) is 0 Å². The van der Waals surface area contributed by atoms with Crippen LogP contribution in [0.5, 0.6) is 0 Å². The first-order valence-electron chi connectivity index (χ1n) is 6.20. The van der Waals surface area contributed by atoms with Gasteiger partial charge in [0.05, 0.1) is 0 Å². The minimum Gasteiger partial charge on any atom is -0.396 e. The van der Waals surface area contributed by atoms with Gasteiger partial charge in [0.15, 0.2) is 0 Å². The van der Waals surface area contributed by atoms with Gasteiger partial charge in [-0.05, 0) is 39.3 Å². The fraction of sp³-hybridized carbons (Fsp3) is 0.571. The number of benzene rings is 1. The Kier molecular flexibility index (Phi) is 6.12. The Hall–Kier alpha value is -0.580. The molecule has 4 heteroatoms. The van der Waals surface area contributed by atoms with Gasteiger partial charge in [-0.15, -0.1) is 11.8 Å². The second-order valence-corrected chi connectivity index (χ2v) is 6.38. The fourth-order valence-corrected chi connectivity index (χ4v) is 2.46. The van der Waals surface area contributed by atoms with Crippen LogP contribution in [-0.2, 0) is 6.54 Å². The Balaban J connectivity index is 2.74. The quantitative estimate of drug-likeness (QED) is 0.615. The van der Waals surface area contributed by atoms with Crippen molar-refractivity contribution in [1.29, 1.82) is 0 Å². The summed E-state index contributed by atoms with van der Waals surface area (Å²) in [7, 11) is 0. The van der Waals surface area contributed by atoms with E-state index in [9.17, 15) is 4.39 Å². The Morgan fingerprint density at radius 1 is 1.33 bits per heavy atom. The van der Waals surface area contributed by atoms with Crippen molar-refractivity contribution in [3.8, 4) is 0 Å². The van der Waals surface area contributed by atoms with Crippen molar-refractivity contribution < 1.29 is 9.50 Å². The number of aliphatic hydroxyl groups excluding tert-OH is 1. The zero-order valence-corrected chi connectivity index (χ0v) is 12.1. The average Bonchev–Trinajstić information content (AvgIpc) is 2.27. The summed E-state index contributed by atoms with van der Waals surface area (Å²) in [5.74, 6) is 0.642. The van der Waals surface area contributed by atoms with Gasteiger partial charge < -0.3 is 10.4 Å². The molecule has 1 aromatic rings. The summed E-state index contributed by atoms with van der Waals surface area (Å²) in [6, 6.07) is 5.16. The first-order chi connectivity index (χ1) is 8.44. The average molecular weight is 271 g/mol. The molecule has 0 aliphatic carbocycles. The Morgan fingerprint density at radius 3 is 2.67 bits per heavy atom. The van der Waals surface area contributed by atoms with E-state index < -0.39 is 0 Å². The van der Waals surface area contributed by atoms with E-state index in [4.69, 9.17) is 5.11 Å². The number of halogens is 1. The third kappa shape index (κ3) is 5.38. The van der Waals surface area contributed by atoms with Gasteiger partial charge in [0, 0.05) is 34.9 Å². The van der Waals surface area contributed by atoms with E-state index in [-0.39, 0.29) is 18.0 Å². The van der Waals surface area contributed by atoms with E-state index >= 15 is 0 Å². The molecule has 0 bridgehead atoms. The van der Waals surface area contributed by atoms with Crippen molar-refractivity contribution >= 4 is 11.8 Å². The molecular weight excluding hydrogens is 249 g/mol. The van der Waals surface area contributed by atoms with E-state index in [0.717, 1.165) is 22.6 Å². The molecular formula is C14H22FNOS. The monoisotopic (exact) mass is 271 g/mol. The maximum absolute atomic E-state index is 13.8. The van der Waals surface area contributed by atoms with E-state index in [0.29, 0.717) is 6.54 Å². The van der Waals surface area contributed by atoms with Crippen LogP contribution in [0.25, 0.3) is 0 Å². The second kappa shape index (κ2) is 7.12. The number of aliphatic hydroxyl groups is 1. The molecule has 0 aliphatic rings. The van der Waals surface area contributed by atoms with Gasteiger partial charge in [-0.1, -0.05) is 6.07 Å². The van der Waals surface area contributed by atoms with Crippen LogP contribution in [-0.4, -0.2) is 23.0 Å². The first kappa shape index (κ1) is 15.5. The molecule has 0 aliphatic heterocycles. The Bertz CT molecular complexity index is 377. The molecule has 2 nitrogen and oxygen atoms in total. The summed E-state index contributed by atoms with van der Waals surface area (Å²) in [6.45, 7) is 6.89. The van der Waals surface area contributed by atoms with Crippen LogP contribution in [0.4, 0.5) is 4.39 Å². The molecule has 0 amide bonds. The molecule has 0 aromatic heterocycles. The predicted molar refractivity (Wildman–Crippen MR) is 75.4 cm³/mol. The molecule has 18 heavy (non-hydrogen) atoms. The third-order valence-electron chi connectivity index (χ3n) is 2.43. The van der Waals surface area contributed by atoms with Gasteiger partial charge in [-0.2, -0.15) is 0 Å². The van der Waals surface area contributed by atoms with Gasteiger partial charge in [-0.25, -0.2) is 4.39 Å². The minimum absolute atomic E-state index is 0.0324. The zero-order chi connectivity index (χ0) is 13.6. The molecule has 0 atom stereocenters. The summed E-state index contributed by atoms with van der Waals surface area (Å²) >= 11 is 1.60. The SMILES string of the molecule is CC(C)(C)NCc1c(F)cccc1SCCCO. The lowest BCUT2D eigenvalue weighted by Gasteiger charge is -2.21. The molecule has 0 fully saturated rings. The summed E-state index contributed by atoms with van der Waals surface area (Å²) in [5, 5.41) is 12.1. The van der Waals surface area contributed by atoms with Crippen LogP contribution < -0.4 is 5.32 Å². The number of hydrogen-bond acceptors (Lipinski definition) is 3. The molecule has 0 spiro atoms. The largest absolute Gasteiger partial charge is 0.396 e. The van der Waals surface area contributed by atoms with Crippen molar-refractivity contribution in [3.05, 3.63) is 29.6 Å². The lowest BCUT2D eigenvalue weighted by molar-refractivity contribution is 0.296. The van der Waals surface area contributed by atoms with Crippen LogP contribution in [0.3, 0.4) is 0 Å². The molecule has 0 unspecified atom stereocenters. The summed E-state index contributed by atoms with van der Waals surface area (Å²) in [6.07, 6.45) is 0.729. The van der Waals surface area contributed by atoms with Crippen LogP contribution >= 0.6 is 11.8 Å². The van der Waals surface area contributed by atoms with Gasteiger partial charge in [-0.3, -0.25) is 0 Å². The van der Waals surface area contributed by atoms with Gasteiger partial charge in [0.25, 0.3) is 0 Å². The summed E-state index contributed by atoms with van der Waals surface area (Å²) < 4.78 is 13.8. The topological polar surface area (TPSA) is 32.3 Å². The normalized spacial score (nSPS) is 11.8. The molecule has 0 heterocycles. The zero-order valence-electron chi connectivity index (χ0n) is 11.3. The molecule has 0 saturated heterocycles. The predicted octanol–water partition coefficient (Wildman–Crippen LogP) is 3.19. The summed E-state index contributed by atoms with van der Waals surface area (Å²) in [5.41, 5.74) is 0.686. The minimum atomic E-state index is -0.166. The smallest absolute Gasteiger partial charge is 0.128 e. The van der Waals surface area contributed by atoms with E-state index in [1.165, 1.54) is 6.07 Å². The van der Waals surface area contributed by atoms with Crippen molar-refractivity contribution in [2.75, 3.05) is 12.4 Å². The van der Waals surface area contributed by atoms with Gasteiger partial charge in [0.2, 0.25) is 0 Å². The number of rotatable bonds is 6. The maximum atomic E-state index is 13.8. The highest BCUT2D eigenvalue weighted by Gasteiger charge is 2.13. The molecule has 1 rings (SSSR count). The lowest BCUT2D eigenvalue weighted by Crippen LogP contribution is -2.35. The van der Waals surface area contributed by atoms with Crippen molar-refractivity contribution in [3.63, 3.8) is 0 Å². The number of nitrogens with one attached hydrogen (secondary N) is 1. The maximum Gasteiger partial charge on any atom is 0.128 e. The number of thioether (sulfide) groups is 1. The standard InChI is InChI=1S/C14H22FNOS/c1-14(2,3)16-10-11-12(15)6-4-7-13(11)18-9-5-8-17/h4,6-7,16-17H,5,8-10H2,1-3H3. The first-order valence-corrected chi connectivity index (χ1v) is 7.18. The molecule has 102 valence electrons. The molecule has 2 N–H and O–H groups in total. The summed E-state index contributed by atoms with van der Waals surface area (Å²) in [4.78, 5) is 0.959. The third-order valence-corrected chi connectivity index (χ3v) is 3.62. The van der Waals surface area contributed by atoms with E-state index in [1.807, 2.05) is 6.07 Å². The van der Waals surface area contributed by atoms with E-state index in [1.54, 1.807) is 17.8 Å². The molecule has 1 aromatic carbocycles. The highest BCUT2D eigenvalue weighted by atomic mass is 32.2. The van der Waals surface area contributed by atoms with E-state index in [2.05, 4.69) is 26.1 Å². The fourth-order valence-electron chi connectivity index (χ4n) is 1.45. The van der Waals surface area contributed by atoms with Crippen molar-refractivity contribution in [2.24, 2.45) is 0 Å². The highest BCUT2D eigenvalue weighted by Crippen LogP contribution is 2.25. The van der Waals surface area contributed by atoms with Crippen molar-refractivity contribution in [1.82, 2.24) is 5.32 Å². The van der Waals surface area contributed by atoms with Crippen LogP contribution in [0.15, 0.2) is 23.1 Å². The molecule has 0 radical (unpaired) electrons. The number of hydrogen-bond donors (Lipinski definition) is 2. The Labute approximate surface area is 113 Å².